The highest BCUT2D eigenvalue weighted by molar-refractivity contribution is 7.99. The van der Waals surface area contributed by atoms with Crippen LogP contribution >= 0.6 is 23.4 Å². The van der Waals surface area contributed by atoms with Crippen LogP contribution in [-0.2, 0) is 0 Å². The molecule has 5 heteroatoms. The normalized spacial score (nSPS) is 29.9. The van der Waals surface area contributed by atoms with Gasteiger partial charge in [-0.15, -0.1) is 10.2 Å². The number of rotatable bonds is 3. The second-order valence-corrected chi connectivity index (χ2v) is 6.16. The molecule has 3 rings (SSSR count). The van der Waals surface area contributed by atoms with Crippen LogP contribution in [0.5, 0.6) is 0 Å². The van der Waals surface area contributed by atoms with Crippen LogP contribution in [0.1, 0.15) is 49.9 Å². The highest BCUT2D eigenvalue weighted by Crippen LogP contribution is 2.45. The summed E-state index contributed by atoms with van der Waals surface area (Å²) in [7, 11) is 0. The zero-order valence-corrected chi connectivity index (χ0v) is 11.0. The Morgan fingerprint density at radius 1 is 1.25 bits per heavy atom. The molecule has 88 valence electrons. The van der Waals surface area contributed by atoms with Crippen molar-refractivity contribution in [3.8, 4) is 0 Å². The Kier molecular flexibility index (Phi) is 2.88. The minimum Gasteiger partial charge on any atom is -0.297 e. The van der Waals surface area contributed by atoms with Crippen molar-refractivity contribution in [1.29, 1.82) is 0 Å². The van der Waals surface area contributed by atoms with E-state index in [0.717, 1.165) is 5.82 Å². The van der Waals surface area contributed by atoms with E-state index in [2.05, 4.69) is 21.0 Å². The second-order valence-electron chi connectivity index (χ2n) is 4.74. The first-order valence-electron chi connectivity index (χ1n) is 5.94. The fraction of sp³-hybridized carbons (Fsp3) is 0.818. The molecule has 1 heterocycles. The van der Waals surface area contributed by atoms with Crippen LogP contribution in [0.2, 0.25) is 5.28 Å². The predicted molar refractivity (Wildman–Crippen MR) is 67.2 cm³/mol. The molecule has 0 spiro atoms. The van der Waals surface area contributed by atoms with Crippen molar-refractivity contribution in [3.05, 3.63) is 11.1 Å². The van der Waals surface area contributed by atoms with E-state index in [1.807, 2.05) is 11.8 Å². The van der Waals surface area contributed by atoms with Crippen molar-refractivity contribution in [2.75, 3.05) is 6.26 Å². The molecule has 0 aromatic carbocycles. The first-order valence-corrected chi connectivity index (χ1v) is 7.61. The number of hydrogen-bond donors (Lipinski definition) is 0. The molecular weight excluding hydrogens is 242 g/mol. The molecule has 0 radical (unpaired) electrons. The lowest BCUT2D eigenvalue weighted by Crippen LogP contribution is -2.18. The monoisotopic (exact) mass is 257 g/mol. The van der Waals surface area contributed by atoms with Gasteiger partial charge < -0.3 is 0 Å². The fourth-order valence-corrected chi connectivity index (χ4v) is 3.91. The van der Waals surface area contributed by atoms with Crippen LogP contribution in [0.3, 0.4) is 0 Å². The molecule has 16 heavy (non-hydrogen) atoms. The summed E-state index contributed by atoms with van der Waals surface area (Å²) in [5, 5.41) is 9.60. The highest BCUT2D eigenvalue weighted by Gasteiger charge is 2.36. The van der Waals surface area contributed by atoms with Gasteiger partial charge in [0.1, 0.15) is 5.82 Å². The van der Waals surface area contributed by atoms with Gasteiger partial charge in [-0.05, 0) is 43.5 Å². The Balaban J connectivity index is 1.94. The van der Waals surface area contributed by atoms with Gasteiger partial charge in [-0.2, -0.15) is 11.8 Å². The van der Waals surface area contributed by atoms with Gasteiger partial charge in [0.25, 0.3) is 0 Å². The molecule has 2 fully saturated rings. The van der Waals surface area contributed by atoms with Crippen molar-refractivity contribution < 1.29 is 0 Å². The molecule has 0 aliphatic heterocycles. The molecule has 0 N–H and O–H groups in total. The van der Waals surface area contributed by atoms with Crippen LogP contribution in [0.25, 0.3) is 0 Å². The third-order valence-corrected chi connectivity index (χ3v) is 5.09. The lowest BCUT2D eigenvalue weighted by Gasteiger charge is -2.21. The molecule has 0 bridgehead atoms. The fourth-order valence-electron chi connectivity index (χ4n) is 2.69. The largest absolute Gasteiger partial charge is 0.297 e. The van der Waals surface area contributed by atoms with Crippen molar-refractivity contribution >= 4 is 23.4 Å². The lowest BCUT2D eigenvalue weighted by molar-refractivity contribution is 0.507. The second kappa shape index (κ2) is 4.22. The number of halogens is 1. The van der Waals surface area contributed by atoms with E-state index in [1.165, 1.54) is 32.1 Å². The average Bonchev–Trinajstić information content (AvgIpc) is 2.90. The molecule has 2 saturated carbocycles. The van der Waals surface area contributed by atoms with Gasteiger partial charge in [0.15, 0.2) is 0 Å². The molecule has 0 saturated heterocycles. The Morgan fingerprint density at radius 3 is 2.75 bits per heavy atom. The molecule has 0 amide bonds. The van der Waals surface area contributed by atoms with Crippen LogP contribution < -0.4 is 0 Å². The standard InChI is InChI=1S/C11H16ClN3S/c1-16-9-4-2-3-8(9)15-10(7-5-6-7)13-14-11(15)12/h7-9H,2-6H2,1H3. The summed E-state index contributed by atoms with van der Waals surface area (Å²) in [5.74, 6) is 1.76. The van der Waals surface area contributed by atoms with Gasteiger partial charge in [-0.3, -0.25) is 4.57 Å². The number of hydrogen-bond acceptors (Lipinski definition) is 3. The molecule has 2 unspecified atom stereocenters. The summed E-state index contributed by atoms with van der Waals surface area (Å²) in [6, 6.07) is 0.521. The number of thioether (sulfide) groups is 1. The van der Waals surface area contributed by atoms with Crippen LogP contribution in [0.4, 0.5) is 0 Å². The third-order valence-electron chi connectivity index (χ3n) is 3.68. The lowest BCUT2D eigenvalue weighted by atomic mass is 10.2. The van der Waals surface area contributed by atoms with Gasteiger partial charge in [-0.1, -0.05) is 6.42 Å². The molecule has 2 aliphatic rings. The maximum atomic E-state index is 6.20. The Bertz CT molecular complexity index is 389. The Morgan fingerprint density at radius 2 is 2.06 bits per heavy atom. The maximum Gasteiger partial charge on any atom is 0.225 e. The Labute approximate surface area is 105 Å². The highest BCUT2D eigenvalue weighted by atomic mass is 35.5. The molecule has 3 nitrogen and oxygen atoms in total. The minimum atomic E-state index is 0.521. The quantitative estimate of drug-likeness (QED) is 0.833. The van der Waals surface area contributed by atoms with E-state index in [1.54, 1.807) is 0 Å². The van der Waals surface area contributed by atoms with Crippen LogP contribution in [-0.4, -0.2) is 26.3 Å². The number of aromatic nitrogens is 3. The topological polar surface area (TPSA) is 30.7 Å². The SMILES string of the molecule is CSC1CCCC1n1c(Cl)nnc1C1CC1. The zero-order valence-electron chi connectivity index (χ0n) is 9.40. The smallest absolute Gasteiger partial charge is 0.225 e. The average molecular weight is 258 g/mol. The molecule has 1 aromatic rings. The van der Waals surface area contributed by atoms with Crippen LogP contribution in [0.15, 0.2) is 0 Å². The van der Waals surface area contributed by atoms with Gasteiger partial charge in [0.2, 0.25) is 5.28 Å². The van der Waals surface area contributed by atoms with Gasteiger partial charge in [-0.25, -0.2) is 0 Å². The predicted octanol–water partition coefficient (Wildman–Crippen LogP) is 3.27. The van der Waals surface area contributed by atoms with E-state index < -0.39 is 0 Å². The van der Waals surface area contributed by atoms with E-state index in [-0.39, 0.29) is 0 Å². The summed E-state index contributed by atoms with van der Waals surface area (Å²) in [6.07, 6.45) is 8.53. The molecule has 2 aliphatic carbocycles. The Hall–Kier alpha value is -0.220. The van der Waals surface area contributed by atoms with Gasteiger partial charge in [0, 0.05) is 17.2 Å². The van der Waals surface area contributed by atoms with E-state index in [9.17, 15) is 0 Å². The van der Waals surface area contributed by atoms with E-state index in [0.29, 0.717) is 22.5 Å². The van der Waals surface area contributed by atoms with E-state index >= 15 is 0 Å². The first kappa shape index (κ1) is 10.9. The summed E-state index contributed by atoms with van der Waals surface area (Å²) in [5.41, 5.74) is 0. The van der Waals surface area contributed by atoms with Gasteiger partial charge >= 0.3 is 0 Å². The third kappa shape index (κ3) is 1.76. The van der Waals surface area contributed by atoms with Crippen LogP contribution in [0, 0.1) is 0 Å². The molecule has 2 atom stereocenters. The minimum absolute atomic E-state index is 0.521. The van der Waals surface area contributed by atoms with Gasteiger partial charge in [0.05, 0.1) is 0 Å². The zero-order chi connectivity index (χ0) is 11.1. The van der Waals surface area contributed by atoms with E-state index in [4.69, 9.17) is 11.6 Å². The van der Waals surface area contributed by atoms with Crippen molar-refractivity contribution in [2.45, 2.75) is 49.3 Å². The van der Waals surface area contributed by atoms with Crippen molar-refractivity contribution in [2.24, 2.45) is 0 Å². The number of nitrogens with zero attached hydrogens (tertiary/aromatic N) is 3. The summed E-state index contributed by atoms with van der Waals surface area (Å²) in [6.45, 7) is 0. The summed E-state index contributed by atoms with van der Waals surface area (Å²) in [4.78, 5) is 0. The molecule has 1 aromatic heterocycles. The maximum absolute atomic E-state index is 6.20. The summed E-state index contributed by atoms with van der Waals surface area (Å²) >= 11 is 8.15. The van der Waals surface area contributed by atoms with Crippen molar-refractivity contribution in [1.82, 2.24) is 14.8 Å². The molecular formula is C11H16ClN3S. The first-order chi connectivity index (χ1) is 7.81. The summed E-state index contributed by atoms with van der Waals surface area (Å²) < 4.78 is 2.22. The van der Waals surface area contributed by atoms with Crippen molar-refractivity contribution in [3.63, 3.8) is 0 Å².